The third-order valence-corrected chi connectivity index (χ3v) is 4.43. The summed E-state index contributed by atoms with van der Waals surface area (Å²) in [6.45, 7) is 4.39. The van der Waals surface area contributed by atoms with Crippen LogP contribution in [0.5, 0.6) is 0 Å². The molecule has 0 aliphatic rings. The predicted molar refractivity (Wildman–Crippen MR) is 119 cm³/mol. The van der Waals surface area contributed by atoms with E-state index in [9.17, 15) is 19.2 Å². The summed E-state index contributed by atoms with van der Waals surface area (Å²) in [6.07, 6.45) is 2.64. The maximum atomic E-state index is 12.5. The van der Waals surface area contributed by atoms with Crippen LogP contribution in [0, 0.1) is 0 Å². The van der Waals surface area contributed by atoms with Crippen molar-refractivity contribution in [1.82, 2.24) is 20.4 Å². The molecule has 0 saturated carbocycles. The standard InChI is InChI=1S/C20H31N7O4/c1-3-7-23-12-19(31)26(8-10-28)18(24-15-30)14-25(2)13-16-5-4-6-17(21)20(16)27(22)9-11-29/h3-6,10-11,15,18,23H,1,7-9,12-14,21-22H2,2H3,(H,24,30)/t18-/m1/s1. The number of hydrogen-bond acceptors (Lipinski definition) is 9. The molecule has 1 rings (SSSR count). The van der Waals surface area contributed by atoms with Gasteiger partial charge in [-0.15, -0.1) is 6.58 Å². The molecule has 0 radical (unpaired) electrons. The Morgan fingerprint density at radius 2 is 1.94 bits per heavy atom. The average Bonchev–Trinajstić information content (AvgIpc) is 2.72. The lowest BCUT2D eigenvalue weighted by molar-refractivity contribution is -0.136. The van der Waals surface area contributed by atoms with E-state index >= 15 is 0 Å². The van der Waals surface area contributed by atoms with Crippen LogP contribution in [0.2, 0.25) is 0 Å². The van der Waals surface area contributed by atoms with Crippen LogP contribution in [0.15, 0.2) is 30.9 Å². The van der Waals surface area contributed by atoms with Gasteiger partial charge in [-0.2, -0.15) is 0 Å². The van der Waals surface area contributed by atoms with Crippen LogP contribution in [0.4, 0.5) is 11.4 Å². The van der Waals surface area contributed by atoms with Crippen LogP contribution < -0.4 is 27.2 Å². The molecule has 1 atom stereocenters. The van der Waals surface area contributed by atoms with Gasteiger partial charge in [0.2, 0.25) is 12.3 Å². The van der Waals surface area contributed by atoms with Crippen molar-refractivity contribution >= 4 is 36.3 Å². The largest absolute Gasteiger partial charge is 0.397 e. The van der Waals surface area contributed by atoms with E-state index in [1.165, 1.54) is 9.91 Å². The lowest BCUT2D eigenvalue weighted by Crippen LogP contribution is -2.55. The Labute approximate surface area is 182 Å². The molecular weight excluding hydrogens is 402 g/mol. The van der Waals surface area contributed by atoms with Crippen molar-refractivity contribution in [2.45, 2.75) is 12.7 Å². The Kier molecular flexibility index (Phi) is 11.5. The normalized spacial score (nSPS) is 11.5. The Bertz CT molecular complexity index is 759. The van der Waals surface area contributed by atoms with Gasteiger partial charge in [-0.3, -0.25) is 14.5 Å². The first-order valence-electron chi connectivity index (χ1n) is 9.65. The number of likely N-dealkylation sites (N-methyl/N-ethyl adjacent to an activating group) is 1. The highest BCUT2D eigenvalue weighted by molar-refractivity contribution is 5.81. The number of carbonyl (C=O) groups excluding carboxylic acids is 4. The second-order valence-electron chi connectivity index (χ2n) is 6.80. The van der Waals surface area contributed by atoms with Crippen molar-refractivity contribution in [3.8, 4) is 0 Å². The summed E-state index contributed by atoms with van der Waals surface area (Å²) < 4.78 is 0. The van der Waals surface area contributed by atoms with E-state index in [1.807, 2.05) is 11.0 Å². The van der Waals surface area contributed by atoms with Gasteiger partial charge in [-0.25, -0.2) is 5.84 Å². The molecular formula is C20H31N7O4. The molecule has 0 unspecified atom stereocenters. The molecule has 11 nitrogen and oxygen atoms in total. The van der Waals surface area contributed by atoms with Gasteiger partial charge in [-0.05, 0) is 18.7 Å². The minimum absolute atomic E-state index is 0.00614. The van der Waals surface area contributed by atoms with Gasteiger partial charge in [0, 0.05) is 19.6 Å². The number of para-hydroxylation sites is 1. The van der Waals surface area contributed by atoms with Crippen LogP contribution in [0.3, 0.4) is 0 Å². The van der Waals surface area contributed by atoms with Gasteiger partial charge >= 0.3 is 0 Å². The van der Waals surface area contributed by atoms with Gasteiger partial charge in [0.1, 0.15) is 18.7 Å². The number of nitrogens with two attached hydrogens (primary N) is 2. The monoisotopic (exact) mass is 433 g/mol. The van der Waals surface area contributed by atoms with Crippen molar-refractivity contribution in [2.75, 3.05) is 50.5 Å². The molecule has 0 aliphatic carbocycles. The van der Waals surface area contributed by atoms with Crippen molar-refractivity contribution < 1.29 is 19.2 Å². The van der Waals surface area contributed by atoms with Gasteiger partial charge < -0.3 is 35.9 Å². The molecule has 0 aromatic heterocycles. The highest BCUT2D eigenvalue weighted by atomic mass is 16.2. The molecule has 0 aliphatic heterocycles. The zero-order chi connectivity index (χ0) is 23.2. The molecule has 1 aromatic carbocycles. The summed E-state index contributed by atoms with van der Waals surface area (Å²) in [5.74, 6) is 5.61. The summed E-state index contributed by atoms with van der Waals surface area (Å²) in [5.41, 5.74) is 7.75. The first-order valence-corrected chi connectivity index (χ1v) is 9.65. The number of rotatable bonds is 16. The van der Waals surface area contributed by atoms with E-state index in [0.29, 0.717) is 43.4 Å². The highest BCUT2D eigenvalue weighted by Crippen LogP contribution is 2.27. The van der Waals surface area contributed by atoms with Crippen LogP contribution in [0.1, 0.15) is 5.56 Å². The van der Waals surface area contributed by atoms with Gasteiger partial charge in [-0.1, -0.05) is 18.2 Å². The number of aldehydes is 2. The van der Waals surface area contributed by atoms with Crippen LogP contribution in [-0.4, -0.2) is 80.6 Å². The Hall–Kier alpha value is -3.28. The molecule has 0 spiro atoms. The summed E-state index contributed by atoms with van der Waals surface area (Å²) in [6, 6.07) is 5.27. The summed E-state index contributed by atoms with van der Waals surface area (Å²) in [7, 11) is 1.78. The number of anilines is 2. The second kappa shape index (κ2) is 13.9. The molecule has 0 bridgehead atoms. The van der Waals surface area contributed by atoms with Gasteiger partial charge in [0.25, 0.3) is 0 Å². The zero-order valence-electron chi connectivity index (χ0n) is 17.7. The SMILES string of the molecule is C=CCNCC(=O)N(CC=O)[C@H](CN(C)Cc1cccc(N)c1N(N)CC=O)NC=O. The molecule has 170 valence electrons. The van der Waals surface area contributed by atoms with E-state index in [1.54, 1.807) is 25.3 Å². The first-order chi connectivity index (χ1) is 14.9. The lowest BCUT2D eigenvalue weighted by Gasteiger charge is -2.33. The third kappa shape index (κ3) is 8.16. The van der Waals surface area contributed by atoms with E-state index in [0.717, 1.165) is 5.56 Å². The number of nitrogen functional groups attached to an aromatic ring is 1. The van der Waals surface area contributed by atoms with Crippen LogP contribution in [-0.2, 0) is 25.7 Å². The Balaban J connectivity index is 2.99. The summed E-state index contributed by atoms with van der Waals surface area (Å²) in [4.78, 5) is 48.8. The zero-order valence-corrected chi connectivity index (χ0v) is 17.7. The molecule has 1 aromatic rings. The van der Waals surface area contributed by atoms with E-state index < -0.39 is 6.17 Å². The fraction of sp³-hybridized carbons (Fsp3) is 0.400. The van der Waals surface area contributed by atoms with Crippen molar-refractivity contribution in [3.63, 3.8) is 0 Å². The second-order valence-corrected chi connectivity index (χ2v) is 6.80. The number of hydrazine groups is 1. The van der Waals surface area contributed by atoms with Crippen molar-refractivity contribution in [3.05, 3.63) is 36.4 Å². The molecule has 0 fully saturated rings. The average molecular weight is 434 g/mol. The van der Waals surface area contributed by atoms with Crippen LogP contribution in [0.25, 0.3) is 0 Å². The highest BCUT2D eigenvalue weighted by Gasteiger charge is 2.24. The number of hydrogen-bond donors (Lipinski definition) is 4. The molecule has 31 heavy (non-hydrogen) atoms. The third-order valence-electron chi connectivity index (χ3n) is 4.43. The minimum atomic E-state index is -0.737. The Morgan fingerprint density at radius 3 is 2.55 bits per heavy atom. The molecule has 11 heteroatoms. The van der Waals surface area contributed by atoms with E-state index in [4.69, 9.17) is 11.6 Å². The summed E-state index contributed by atoms with van der Waals surface area (Å²) >= 11 is 0. The predicted octanol–water partition coefficient (Wildman–Crippen LogP) is -1.55. The van der Waals surface area contributed by atoms with E-state index in [2.05, 4.69) is 17.2 Å². The number of nitrogens with one attached hydrogen (secondary N) is 2. The quantitative estimate of drug-likeness (QED) is 0.0461. The Morgan fingerprint density at radius 1 is 1.23 bits per heavy atom. The van der Waals surface area contributed by atoms with Crippen molar-refractivity contribution in [2.24, 2.45) is 5.84 Å². The van der Waals surface area contributed by atoms with Gasteiger partial charge in [0.15, 0.2) is 0 Å². The number of carbonyl (C=O) groups is 4. The fourth-order valence-corrected chi connectivity index (χ4v) is 3.10. The van der Waals surface area contributed by atoms with E-state index in [-0.39, 0.29) is 32.1 Å². The van der Waals surface area contributed by atoms with Crippen molar-refractivity contribution in [1.29, 1.82) is 0 Å². The molecule has 0 saturated heterocycles. The smallest absolute Gasteiger partial charge is 0.238 e. The minimum Gasteiger partial charge on any atom is -0.397 e. The molecule has 6 N–H and O–H groups in total. The fourth-order valence-electron chi connectivity index (χ4n) is 3.10. The number of benzene rings is 1. The topological polar surface area (TPSA) is 154 Å². The number of nitrogens with zero attached hydrogens (tertiary/aromatic N) is 3. The molecule has 2 amide bonds. The maximum Gasteiger partial charge on any atom is 0.238 e. The number of amides is 2. The summed E-state index contributed by atoms with van der Waals surface area (Å²) in [5, 5.41) is 6.74. The first kappa shape index (κ1) is 25.8. The maximum absolute atomic E-state index is 12.5. The molecule has 0 heterocycles. The van der Waals surface area contributed by atoms with Gasteiger partial charge in [0.05, 0.1) is 31.0 Å². The lowest BCUT2D eigenvalue weighted by atomic mass is 10.1. The van der Waals surface area contributed by atoms with Crippen LogP contribution >= 0.6 is 0 Å².